The highest BCUT2D eigenvalue weighted by molar-refractivity contribution is 14.1. The molecule has 2 rings (SSSR count). The van der Waals surface area contributed by atoms with Crippen molar-refractivity contribution in [1.82, 2.24) is 19.8 Å². The van der Waals surface area contributed by atoms with Gasteiger partial charge in [-0.25, -0.2) is 4.98 Å². The summed E-state index contributed by atoms with van der Waals surface area (Å²) in [7, 11) is 4.29. The number of likely N-dealkylation sites (N-methyl/N-ethyl adjacent to an activating group) is 2. The summed E-state index contributed by atoms with van der Waals surface area (Å²) < 4.78 is 0.738. The van der Waals surface area contributed by atoms with E-state index in [1.807, 2.05) is 0 Å². The Kier molecular flexibility index (Phi) is 5.57. The number of halogens is 1. The maximum absolute atomic E-state index is 12.0. The van der Waals surface area contributed by atoms with E-state index in [9.17, 15) is 4.79 Å². The van der Waals surface area contributed by atoms with Crippen LogP contribution in [0.5, 0.6) is 0 Å². The summed E-state index contributed by atoms with van der Waals surface area (Å²) in [6.45, 7) is 5.31. The third kappa shape index (κ3) is 3.79. The molecule has 20 heavy (non-hydrogen) atoms. The maximum atomic E-state index is 12.0. The molecule has 0 aromatic carbocycles. The van der Waals surface area contributed by atoms with E-state index in [2.05, 4.69) is 63.4 Å². The summed E-state index contributed by atoms with van der Waals surface area (Å²) in [5.74, 6) is 0.825. The average Bonchev–Trinajstić information content (AvgIpc) is 2.40. The number of hydrogen-bond acceptors (Lipinski definition) is 4. The first kappa shape index (κ1) is 15.9. The molecule has 1 aliphatic heterocycles. The number of aryl methyl sites for hydroxylation is 1. The first-order valence-corrected chi connectivity index (χ1v) is 8.25. The molecule has 1 aromatic rings. The van der Waals surface area contributed by atoms with E-state index in [1.165, 1.54) is 0 Å². The van der Waals surface area contributed by atoms with Gasteiger partial charge in [-0.05, 0) is 43.1 Å². The molecular weight excluding hydrogens is 367 g/mol. The minimum absolute atomic E-state index is 0.00543. The maximum Gasteiger partial charge on any atom is 0.264 e. The quantitative estimate of drug-likeness (QED) is 0.783. The van der Waals surface area contributed by atoms with Crippen molar-refractivity contribution in [2.45, 2.75) is 32.2 Å². The lowest BCUT2D eigenvalue weighted by molar-refractivity contribution is 0.113. The molecule has 1 atom stereocenters. The van der Waals surface area contributed by atoms with E-state index in [1.54, 1.807) is 0 Å². The van der Waals surface area contributed by atoms with Gasteiger partial charge in [-0.15, -0.1) is 0 Å². The van der Waals surface area contributed by atoms with Gasteiger partial charge in [0.2, 0.25) is 0 Å². The number of aromatic nitrogens is 2. The number of rotatable bonds is 4. The third-order valence-electron chi connectivity index (χ3n) is 3.88. The van der Waals surface area contributed by atoms with Crippen LogP contribution in [-0.4, -0.2) is 59.5 Å². The van der Waals surface area contributed by atoms with Gasteiger partial charge in [0.25, 0.3) is 5.56 Å². The number of hydrogen-bond donors (Lipinski definition) is 1. The first-order chi connectivity index (χ1) is 9.51. The molecule has 1 saturated heterocycles. The molecule has 1 aromatic heterocycles. The molecule has 0 saturated carbocycles. The van der Waals surface area contributed by atoms with Crippen molar-refractivity contribution in [2.24, 2.45) is 0 Å². The van der Waals surface area contributed by atoms with E-state index in [0.29, 0.717) is 6.04 Å². The van der Waals surface area contributed by atoms with Crippen LogP contribution in [0, 0.1) is 3.57 Å². The van der Waals surface area contributed by atoms with Gasteiger partial charge in [-0.3, -0.25) is 4.79 Å². The Bertz CT molecular complexity index is 516. The number of aromatic amines is 1. The van der Waals surface area contributed by atoms with Crippen LogP contribution in [0.4, 0.5) is 0 Å². The number of piperazine rings is 1. The van der Waals surface area contributed by atoms with E-state index < -0.39 is 0 Å². The lowest BCUT2D eigenvalue weighted by Crippen LogP contribution is -2.51. The predicted octanol–water partition coefficient (Wildman–Crippen LogP) is 1.12. The van der Waals surface area contributed by atoms with Gasteiger partial charge in [0.1, 0.15) is 5.82 Å². The fraction of sp³-hybridized carbons (Fsp3) is 0.714. The predicted molar refractivity (Wildman–Crippen MR) is 89.2 cm³/mol. The van der Waals surface area contributed by atoms with E-state index in [0.717, 1.165) is 54.0 Å². The fourth-order valence-corrected chi connectivity index (χ4v) is 3.13. The summed E-state index contributed by atoms with van der Waals surface area (Å²) in [5, 5.41) is 0. The summed E-state index contributed by atoms with van der Waals surface area (Å²) in [6, 6.07) is 0.423. The van der Waals surface area contributed by atoms with Crippen LogP contribution in [-0.2, 0) is 12.8 Å². The van der Waals surface area contributed by atoms with Crippen molar-refractivity contribution in [2.75, 3.05) is 33.7 Å². The molecule has 1 unspecified atom stereocenters. The summed E-state index contributed by atoms with van der Waals surface area (Å²) >= 11 is 2.10. The van der Waals surface area contributed by atoms with Crippen LogP contribution < -0.4 is 5.56 Å². The lowest BCUT2D eigenvalue weighted by Gasteiger charge is -2.37. The SMILES string of the molecule is CCCc1nc(CC2CN(C)CCN2C)[nH]c(=O)c1I. The Labute approximate surface area is 133 Å². The topological polar surface area (TPSA) is 52.2 Å². The molecule has 0 radical (unpaired) electrons. The second-order valence-corrected chi connectivity index (χ2v) is 6.70. The van der Waals surface area contributed by atoms with Crippen molar-refractivity contribution in [3.05, 3.63) is 25.4 Å². The highest BCUT2D eigenvalue weighted by atomic mass is 127. The van der Waals surface area contributed by atoms with Crippen molar-refractivity contribution in [3.63, 3.8) is 0 Å². The zero-order valence-corrected chi connectivity index (χ0v) is 14.6. The van der Waals surface area contributed by atoms with Gasteiger partial charge in [0.05, 0.1) is 9.26 Å². The molecule has 112 valence electrons. The monoisotopic (exact) mass is 390 g/mol. The molecule has 1 fully saturated rings. The van der Waals surface area contributed by atoms with Gasteiger partial charge < -0.3 is 14.8 Å². The molecule has 0 amide bonds. The smallest absolute Gasteiger partial charge is 0.264 e. The zero-order chi connectivity index (χ0) is 14.7. The van der Waals surface area contributed by atoms with Crippen LogP contribution in [0.25, 0.3) is 0 Å². The van der Waals surface area contributed by atoms with Crippen LogP contribution in [0.1, 0.15) is 24.9 Å². The van der Waals surface area contributed by atoms with E-state index in [4.69, 9.17) is 0 Å². The largest absolute Gasteiger partial charge is 0.310 e. The molecule has 0 bridgehead atoms. The van der Waals surface area contributed by atoms with Crippen LogP contribution in [0.2, 0.25) is 0 Å². The minimum Gasteiger partial charge on any atom is -0.310 e. The Morgan fingerprint density at radius 2 is 2.15 bits per heavy atom. The lowest BCUT2D eigenvalue weighted by atomic mass is 10.1. The van der Waals surface area contributed by atoms with Crippen LogP contribution in [0.3, 0.4) is 0 Å². The second-order valence-electron chi connectivity index (χ2n) is 5.62. The molecule has 0 aliphatic carbocycles. The Morgan fingerprint density at radius 1 is 1.40 bits per heavy atom. The Balaban J connectivity index is 2.18. The molecule has 5 nitrogen and oxygen atoms in total. The molecule has 2 heterocycles. The molecule has 1 N–H and O–H groups in total. The van der Waals surface area contributed by atoms with Gasteiger partial charge in [-0.2, -0.15) is 0 Å². The molecule has 0 spiro atoms. The van der Waals surface area contributed by atoms with Crippen molar-refractivity contribution >= 4 is 22.6 Å². The highest BCUT2D eigenvalue weighted by Gasteiger charge is 2.23. The first-order valence-electron chi connectivity index (χ1n) is 7.17. The number of nitrogens with zero attached hydrogens (tertiary/aromatic N) is 3. The van der Waals surface area contributed by atoms with Crippen molar-refractivity contribution < 1.29 is 0 Å². The summed E-state index contributed by atoms with van der Waals surface area (Å²) in [4.78, 5) is 24.3. The summed E-state index contributed by atoms with van der Waals surface area (Å²) in [5.41, 5.74) is 0.949. The number of nitrogens with one attached hydrogen (secondary N) is 1. The van der Waals surface area contributed by atoms with Crippen LogP contribution >= 0.6 is 22.6 Å². The third-order valence-corrected chi connectivity index (χ3v) is 4.99. The van der Waals surface area contributed by atoms with Gasteiger partial charge in [-0.1, -0.05) is 13.3 Å². The average molecular weight is 390 g/mol. The van der Waals surface area contributed by atoms with Gasteiger partial charge in [0.15, 0.2) is 0 Å². The summed E-state index contributed by atoms with van der Waals surface area (Å²) in [6.07, 6.45) is 2.69. The molecular formula is C14H23IN4O. The Morgan fingerprint density at radius 3 is 2.85 bits per heavy atom. The van der Waals surface area contributed by atoms with Gasteiger partial charge in [0, 0.05) is 32.1 Å². The molecule has 6 heteroatoms. The van der Waals surface area contributed by atoms with E-state index >= 15 is 0 Å². The normalized spacial score (nSPS) is 21.3. The highest BCUT2D eigenvalue weighted by Crippen LogP contribution is 2.12. The Hall–Kier alpha value is -0.470. The fourth-order valence-electron chi connectivity index (χ4n) is 2.60. The van der Waals surface area contributed by atoms with Crippen LogP contribution in [0.15, 0.2) is 4.79 Å². The minimum atomic E-state index is 0.00543. The van der Waals surface area contributed by atoms with E-state index in [-0.39, 0.29) is 5.56 Å². The standard InChI is InChI=1S/C14H23IN4O/c1-4-5-11-13(15)14(20)17-12(16-11)8-10-9-18(2)6-7-19(10)3/h10H,4-9H2,1-3H3,(H,16,17,20). The molecule has 1 aliphatic rings. The van der Waals surface area contributed by atoms with Crippen molar-refractivity contribution in [1.29, 1.82) is 0 Å². The van der Waals surface area contributed by atoms with Gasteiger partial charge >= 0.3 is 0 Å². The van der Waals surface area contributed by atoms with Crippen molar-refractivity contribution in [3.8, 4) is 0 Å². The number of H-pyrrole nitrogens is 1. The second kappa shape index (κ2) is 7.00. The zero-order valence-electron chi connectivity index (χ0n) is 12.4.